The second-order valence-corrected chi connectivity index (χ2v) is 9.92. The van der Waals surface area contributed by atoms with Crippen LogP contribution < -0.4 is 20.1 Å². The van der Waals surface area contributed by atoms with Crippen molar-refractivity contribution >= 4 is 29.1 Å². The SMILES string of the molecule is C#C.CCC(C)(C)c1cc(OC)c(OC)c(C(C)=O)c1.CNCc1ccc(/C=C/C(=O)Nc2ccccc2[N+](=O)[O-])cc1. The van der Waals surface area contributed by atoms with Gasteiger partial charge < -0.3 is 20.1 Å². The maximum Gasteiger partial charge on any atom is 0.292 e. The number of nitrogens with zero attached hydrogens (tertiary/aromatic N) is 1. The minimum absolute atomic E-state index is 0.00372. The number of carbonyl (C=O) groups excluding carboxylic acids is 2. The topological polar surface area (TPSA) is 120 Å². The number of anilines is 1. The molecule has 0 spiro atoms. The summed E-state index contributed by atoms with van der Waals surface area (Å²) in [6.07, 6.45) is 12.0. The molecule has 0 radical (unpaired) electrons. The van der Waals surface area contributed by atoms with Crippen LogP contribution in [0.15, 0.2) is 66.7 Å². The highest BCUT2D eigenvalue weighted by Crippen LogP contribution is 2.38. The number of nitrogens with one attached hydrogen (secondary N) is 2. The van der Waals surface area contributed by atoms with E-state index in [0.29, 0.717) is 17.1 Å². The minimum Gasteiger partial charge on any atom is -0.493 e. The lowest BCUT2D eigenvalue weighted by Crippen LogP contribution is -2.17. The van der Waals surface area contributed by atoms with Crippen LogP contribution in [0.4, 0.5) is 11.4 Å². The van der Waals surface area contributed by atoms with Crippen molar-refractivity contribution in [2.75, 3.05) is 26.6 Å². The highest BCUT2D eigenvalue weighted by Gasteiger charge is 2.24. The molecule has 9 heteroatoms. The zero-order chi connectivity index (χ0) is 32.6. The number of para-hydroxylation sites is 2. The van der Waals surface area contributed by atoms with E-state index in [0.717, 1.165) is 29.7 Å². The van der Waals surface area contributed by atoms with Crippen LogP contribution in [0.3, 0.4) is 0 Å². The van der Waals surface area contributed by atoms with E-state index in [2.05, 4.69) is 44.3 Å². The van der Waals surface area contributed by atoms with Gasteiger partial charge >= 0.3 is 0 Å². The average molecular weight is 588 g/mol. The van der Waals surface area contributed by atoms with Gasteiger partial charge in [0.2, 0.25) is 5.91 Å². The molecule has 0 saturated heterocycles. The molecule has 3 aromatic rings. The number of amides is 1. The monoisotopic (exact) mass is 587 g/mol. The van der Waals surface area contributed by atoms with E-state index in [-0.39, 0.29) is 22.6 Å². The van der Waals surface area contributed by atoms with Gasteiger partial charge in [0.1, 0.15) is 5.69 Å². The van der Waals surface area contributed by atoms with E-state index < -0.39 is 10.8 Å². The fourth-order valence-corrected chi connectivity index (χ4v) is 3.86. The molecule has 0 aromatic heterocycles. The van der Waals surface area contributed by atoms with Gasteiger partial charge in [-0.05, 0) is 66.8 Å². The van der Waals surface area contributed by atoms with Crippen LogP contribution in [0, 0.1) is 23.0 Å². The van der Waals surface area contributed by atoms with E-state index >= 15 is 0 Å². The van der Waals surface area contributed by atoms with Crippen LogP contribution in [0.5, 0.6) is 11.5 Å². The number of benzene rings is 3. The number of Topliss-reactive ketones (excluding diaryl/α,β-unsaturated/α-hetero) is 1. The van der Waals surface area contributed by atoms with Crippen LogP contribution in [-0.2, 0) is 16.8 Å². The third-order valence-electron chi connectivity index (χ3n) is 6.67. The Morgan fingerprint density at radius 1 is 1.02 bits per heavy atom. The second-order valence-electron chi connectivity index (χ2n) is 9.92. The number of hydrogen-bond acceptors (Lipinski definition) is 7. The van der Waals surface area contributed by atoms with Gasteiger partial charge in [-0.2, -0.15) is 0 Å². The number of hydrogen-bond donors (Lipinski definition) is 2. The van der Waals surface area contributed by atoms with Crippen molar-refractivity contribution in [3.05, 3.63) is 99.1 Å². The molecule has 9 nitrogen and oxygen atoms in total. The molecule has 0 atom stereocenters. The summed E-state index contributed by atoms with van der Waals surface area (Å²) in [7, 11) is 5.01. The first kappa shape index (κ1) is 36.1. The smallest absolute Gasteiger partial charge is 0.292 e. The van der Waals surface area contributed by atoms with E-state index in [1.165, 1.54) is 18.2 Å². The lowest BCUT2D eigenvalue weighted by Gasteiger charge is -2.25. The normalized spacial score (nSPS) is 10.4. The molecule has 0 fully saturated rings. The van der Waals surface area contributed by atoms with E-state index in [9.17, 15) is 19.7 Å². The van der Waals surface area contributed by atoms with Crippen molar-refractivity contribution < 1.29 is 24.0 Å². The fraction of sp³-hybridized carbons (Fsp3) is 0.294. The molecule has 0 unspecified atom stereocenters. The van der Waals surface area contributed by atoms with Gasteiger partial charge in [0.15, 0.2) is 17.3 Å². The van der Waals surface area contributed by atoms with Gasteiger partial charge in [-0.15, -0.1) is 12.8 Å². The average Bonchev–Trinajstić information content (AvgIpc) is 3.01. The highest BCUT2D eigenvalue weighted by molar-refractivity contribution is 6.03. The van der Waals surface area contributed by atoms with Gasteiger partial charge in [-0.25, -0.2) is 0 Å². The Morgan fingerprint density at radius 2 is 1.65 bits per heavy atom. The Bertz CT molecular complexity index is 1430. The molecule has 0 saturated carbocycles. The molecule has 0 aliphatic carbocycles. The first-order chi connectivity index (χ1) is 20.5. The summed E-state index contributed by atoms with van der Waals surface area (Å²) in [5.74, 6) is 0.694. The molecule has 0 aliphatic rings. The van der Waals surface area contributed by atoms with Gasteiger partial charge in [0.05, 0.1) is 24.7 Å². The number of ether oxygens (including phenoxy) is 2. The van der Waals surface area contributed by atoms with E-state index in [1.54, 1.807) is 39.4 Å². The molecular weight excluding hydrogens is 546 g/mol. The lowest BCUT2D eigenvalue weighted by atomic mass is 9.81. The summed E-state index contributed by atoms with van der Waals surface area (Å²) in [6.45, 7) is 8.75. The number of terminal acetylenes is 1. The fourth-order valence-electron chi connectivity index (χ4n) is 3.86. The summed E-state index contributed by atoms with van der Waals surface area (Å²) in [5, 5.41) is 16.5. The van der Waals surface area contributed by atoms with Crippen molar-refractivity contribution in [2.45, 2.75) is 46.1 Å². The lowest BCUT2D eigenvalue weighted by molar-refractivity contribution is -0.383. The van der Waals surface area contributed by atoms with Crippen molar-refractivity contribution in [2.24, 2.45) is 0 Å². The number of methoxy groups -OCH3 is 2. The summed E-state index contributed by atoms with van der Waals surface area (Å²) in [6, 6.07) is 17.6. The Balaban J connectivity index is 0.000000418. The maximum absolute atomic E-state index is 11.9. The van der Waals surface area contributed by atoms with Crippen molar-refractivity contribution in [3.8, 4) is 24.3 Å². The zero-order valence-corrected chi connectivity index (χ0v) is 25.9. The molecule has 0 aliphatic heterocycles. The van der Waals surface area contributed by atoms with Gasteiger partial charge in [0, 0.05) is 18.7 Å². The quantitative estimate of drug-likeness (QED) is 0.0831. The minimum atomic E-state index is -0.528. The van der Waals surface area contributed by atoms with Crippen molar-refractivity contribution in [1.82, 2.24) is 5.32 Å². The number of nitro benzene ring substituents is 1. The van der Waals surface area contributed by atoms with Crippen molar-refractivity contribution in [1.29, 1.82) is 0 Å². The standard InChI is InChI=1S/C17H17N3O3.C15H22O3.C2H2/c1-18-12-14-8-6-13(7-9-14)10-11-17(21)19-15-4-2-3-5-16(15)20(22)23;1-7-15(3,4)11-8-12(10(2)16)14(18-6)13(9-11)17-5;1-2/h2-11,18H,12H2,1H3,(H,19,21);8-9H,7H2,1-6H3;1-2H/b11-10+;;. The summed E-state index contributed by atoms with van der Waals surface area (Å²) in [5.41, 5.74) is 3.74. The maximum atomic E-state index is 11.9. The molecule has 43 heavy (non-hydrogen) atoms. The summed E-state index contributed by atoms with van der Waals surface area (Å²) >= 11 is 0. The largest absolute Gasteiger partial charge is 0.493 e. The second kappa shape index (κ2) is 17.8. The molecular formula is C34H41N3O6. The van der Waals surface area contributed by atoms with Gasteiger partial charge in [0.25, 0.3) is 5.69 Å². The zero-order valence-electron chi connectivity index (χ0n) is 25.9. The molecule has 1 amide bonds. The van der Waals surface area contributed by atoms with Gasteiger partial charge in [-0.1, -0.05) is 57.2 Å². The van der Waals surface area contributed by atoms with Gasteiger partial charge in [-0.3, -0.25) is 19.7 Å². The number of ketones is 1. The Kier molecular flexibility index (Phi) is 14.9. The van der Waals surface area contributed by atoms with E-state index in [1.807, 2.05) is 43.4 Å². The van der Waals surface area contributed by atoms with Crippen LogP contribution >= 0.6 is 0 Å². The molecule has 0 heterocycles. The third-order valence-corrected chi connectivity index (χ3v) is 6.67. The molecule has 0 bridgehead atoms. The first-order valence-electron chi connectivity index (χ1n) is 13.5. The summed E-state index contributed by atoms with van der Waals surface area (Å²) in [4.78, 5) is 34.0. The third kappa shape index (κ3) is 10.8. The molecule has 2 N–H and O–H groups in total. The first-order valence-corrected chi connectivity index (χ1v) is 13.5. The van der Waals surface area contributed by atoms with Crippen LogP contribution in [0.2, 0.25) is 0 Å². The molecule has 228 valence electrons. The highest BCUT2D eigenvalue weighted by atomic mass is 16.6. The Hall–Kier alpha value is -4.94. The van der Waals surface area contributed by atoms with Crippen LogP contribution in [-0.4, -0.2) is 37.9 Å². The Labute approximate surface area is 254 Å². The number of nitro groups is 1. The predicted molar refractivity (Wildman–Crippen MR) is 173 cm³/mol. The number of carbonyl (C=O) groups is 2. The van der Waals surface area contributed by atoms with Crippen LogP contribution in [0.1, 0.15) is 61.2 Å². The van der Waals surface area contributed by atoms with Crippen LogP contribution in [0.25, 0.3) is 6.08 Å². The summed E-state index contributed by atoms with van der Waals surface area (Å²) < 4.78 is 10.6. The van der Waals surface area contributed by atoms with E-state index in [4.69, 9.17) is 9.47 Å². The molecule has 3 rings (SSSR count). The number of rotatable bonds is 11. The predicted octanol–water partition coefficient (Wildman–Crippen LogP) is 6.81. The Morgan fingerprint density at radius 3 is 2.16 bits per heavy atom. The molecule has 3 aromatic carbocycles. The van der Waals surface area contributed by atoms with Crippen molar-refractivity contribution in [3.63, 3.8) is 0 Å².